The van der Waals surface area contributed by atoms with E-state index in [4.69, 9.17) is 59.0 Å². The molecule has 2 aliphatic rings. The molecule has 260 valence electrons. The molecule has 17 nitrogen and oxygen atoms in total. The Kier molecular flexibility index (Phi) is 15.4. The highest BCUT2D eigenvalue weighted by Gasteiger charge is 2.57. The van der Waals surface area contributed by atoms with Gasteiger partial charge in [0, 0.05) is 48.5 Å². The molecule has 0 saturated carbocycles. The standard InChI is InChI=1S/C27H37ClO17S/c1-11(29)36-8-18-20(38-13(3)31)22(39-14(4)32)24(41-16(6)34)26(43-18)45-21-19(9-37-12(2)30)44-27(46-10-28)25(42-17(7)35)23(21)40-15(5)33/h18-27H,8-10H2,1-7H3/t18-,19-,20+,21-,22+,23+,24-,25-,26+,27+/m1/s1. The molecule has 0 N–H and O–H groups in total. The van der Waals surface area contributed by atoms with Gasteiger partial charge >= 0.3 is 41.8 Å². The van der Waals surface area contributed by atoms with Crippen LogP contribution in [0.25, 0.3) is 0 Å². The van der Waals surface area contributed by atoms with Gasteiger partial charge in [0.2, 0.25) is 0 Å². The molecule has 0 radical (unpaired) electrons. The molecule has 0 aromatic heterocycles. The van der Waals surface area contributed by atoms with Crippen LogP contribution in [0.5, 0.6) is 0 Å². The van der Waals surface area contributed by atoms with Crippen LogP contribution in [0.1, 0.15) is 48.5 Å². The van der Waals surface area contributed by atoms with Crippen molar-refractivity contribution in [3.05, 3.63) is 0 Å². The van der Waals surface area contributed by atoms with E-state index in [1.165, 1.54) is 0 Å². The number of alkyl halides is 1. The average molecular weight is 701 g/mol. The fraction of sp³-hybridized carbons (Fsp3) is 0.741. The Morgan fingerprint density at radius 1 is 0.522 bits per heavy atom. The van der Waals surface area contributed by atoms with E-state index >= 15 is 0 Å². The number of carbonyl (C=O) groups excluding carboxylic acids is 7. The lowest BCUT2D eigenvalue weighted by Gasteiger charge is -2.48. The zero-order valence-corrected chi connectivity index (χ0v) is 27.7. The van der Waals surface area contributed by atoms with Gasteiger partial charge in [-0.2, -0.15) is 0 Å². The zero-order valence-electron chi connectivity index (χ0n) is 26.1. The van der Waals surface area contributed by atoms with Gasteiger partial charge in [0.15, 0.2) is 36.8 Å². The van der Waals surface area contributed by atoms with Crippen LogP contribution in [-0.2, 0) is 80.9 Å². The summed E-state index contributed by atoms with van der Waals surface area (Å²) in [5.41, 5.74) is -1.05. The first-order valence-corrected chi connectivity index (χ1v) is 15.4. The fourth-order valence-corrected chi connectivity index (χ4v) is 5.79. The third-order valence-electron chi connectivity index (χ3n) is 6.11. The summed E-state index contributed by atoms with van der Waals surface area (Å²) in [6, 6.07) is 0. The van der Waals surface area contributed by atoms with E-state index in [1.54, 1.807) is 0 Å². The Morgan fingerprint density at radius 2 is 0.913 bits per heavy atom. The molecule has 2 rings (SSSR count). The van der Waals surface area contributed by atoms with Crippen LogP contribution in [0, 0.1) is 0 Å². The molecule has 2 fully saturated rings. The molecular weight excluding hydrogens is 664 g/mol. The van der Waals surface area contributed by atoms with Crippen molar-refractivity contribution in [2.45, 2.75) is 109 Å². The number of rotatable bonds is 13. The smallest absolute Gasteiger partial charge is 0.303 e. The van der Waals surface area contributed by atoms with Gasteiger partial charge in [-0.3, -0.25) is 33.6 Å². The van der Waals surface area contributed by atoms with E-state index in [-0.39, 0.29) is 5.21 Å². The molecule has 10 atom stereocenters. The minimum absolute atomic E-state index is 0.0548. The van der Waals surface area contributed by atoms with E-state index in [0.717, 1.165) is 60.2 Å². The molecule has 0 unspecified atom stereocenters. The Labute approximate surface area is 273 Å². The number of esters is 7. The van der Waals surface area contributed by atoms with Gasteiger partial charge in [-0.25, -0.2) is 0 Å². The third-order valence-corrected chi connectivity index (χ3v) is 7.32. The number of ether oxygens (including phenoxy) is 10. The summed E-state index contributed by atoms with van der Waals surface area (Å²) in [7, 11) is 0. The average Bonchev–Trinajstić information content (AvgIpc) is 2.91. The van der Waals surface area contributed by atoms with Crippen LogP contribution >= 0.6 is 23.4 Å². The Bertz CT molecular complexity index is 1130. The van der Waals surface area contributed by atoms with Crippen molar-refractivity contribution < 1.29 is 80.9 Å². The Morgan fingerprint density at radius 3 is 1.35 bits per heavy atom. The molecule has 2 aliphatic heterocycles. The van der Waals surface area contributed by atoms with E-state index in [2.05, 4.69) is 0 Å². The summed E-state index contributed by atoms with van der Waals surface area (Å²) in [6.45, 7) is 6.54. The molecule has 46 heavy (non-hydrogen) atoms. The van der Waals surface area contributed by atoms with Crippen LogP contribution in [-0.4, -0.2) is 121 Å². The van der Waals surface area contributed by atoms with Crippen LogP contribution in [0.3, 0.4) is 0 Å². The summed E-state index contributed by atoms with van der Waals surface area (Å²) in [5, 5.41) is -0.0548. The van der Waals surface area contributed by atoms with Gasteiger partial charge < -0.3 is 47.4 Å². The zero-order chi connectivity index (χ0) is 34.7. The predicted molar refractivity (Wildman–Crippen MR) is 152 cm³/mol. The number of hydrogen-bond donors (Lipinski definition) is 0. The predicted octanol–water partition coefficient (Wildman–Crippen LogP) is 0.536. The molecule has 2 saturated heterocycles. The number of carbonyl (C=O) groups is 7. The van der Waals surface area contributed by atoms with Crippen molar-refractivity contribution in [1.82, 2.24) is 0 Å². The second-order valence-electron chi connectivity index (χ2n) is 9.94. The fourth-order valence-electron chi connectivity index (χ4n) is 4.67. The van der Waals surface area contributed by atoms with Crippen molar-refractivity contribution in [3.8, 4) is 0 Å². The number of halogens is 1. The van der Waals surface area contributed by atoms with Gasteiger partial charge in [0.1, 0.15) is 37.0 Å². The number of thioether (sulfide) groups is 1. The van der Waals surface area contributed by atoms with E-state index < -0.39 is 116 Å². The summed E-state index contributed by atoms with van der Waals surface area (Å²) in [5.74, 6) is -5.68. The van der Waals surface area contributed by atoms with Crippen molar-refractivity contribution in [2.24, 2.45) is 0 Å². The van der Waals surface area contributed by atoms with Gasteiger partial charge in [0.25, 0.3) is 0 Å². The lowest BCUT2D eigenvalue weighted by Crippen LogP contribution is -2.66. The molecule has 0 bridgehead atoms. The highest BCUT2D eigenvalue weighted by atomic mass is 35.5. The van der Waals surface area contributed by atoms with E-state index in [0.29, 0.717) is 0 Å². The first-order chi connectivity index (χ1) is 21.5. The summed E-state index contributed by atoms with van der Waals surface area (Å²) in [6.07, 6.45) is -13.4. The van der Waals surface area contributed by atoms with E-state index in [9.17, 15) is 33.6 Å². The highest BCUT2D eigenvalue weighted by Crippen LogP contribution is 2.37. The Hall–Kier alpha value is -3.19. The normalized spacial score (nSPS) is 30.6. The number of hydrogen-bond acceptors (Lipinski definition) is 18. The SMILES string of the molecule is CC(=O)OC[C@H]1O[C@@H](O[C@H]2[C@H](OC(C)=O)[C@@H](OC(C)=O)[C@H](SCCl)O[C@@H]2COC(C)=O)[C@H](OC(C)=O)[C@@H](OC(C)=O)[C@H]1OC(C)=O. The largest absolute Gasteiger partial charge is 0.463 e. The summed E-state index contributed by atoms with van der Waals surface area (Å²) >= 11 is 6.91. The second-order valence-corrected chi connectivity index (χ2v) is 11.6. The summed E-state index contributed by atoms with van der Waals surface area (Å²) in [4.78, 5) is 84.4. The minimum Gasteiger partial charge on any atom is -0.463 e. The van der Waals surface area contributed by atoms with Crippen LogP contribution in [0.4, 0.5) is 0 Å². The molecule has 0 aliphatic carbocycles. The van der Waals surface area contributed by atoms with Crippen molar-refractivity contribution in [3.63, 3.8) is 0 Å². The quantitative estimate of drug-likeness (QED) is 0.146. The van der Waals surface area contributed by atoms with Gasteiger partial charge in [-0.1, -0.05) is 0 Å². The monoisotopic (exact) mass is 700 g/mol. The molecule has 0 amide bonds. The molecule has 2 heterocycles. The second kappa shape index (κ2) is 18.2. The lowest BCUT2D eigenvalue weighted by molar-refractivity contribution is -0.341. The molecule has 0 spiro atoms. The van der Waals surface area contributed by atoms with Crippen LogP contribution < -0.4 is 0 Å². The van der Waals surface area contributed by atoms with E-state index in [1.807, 2.05) is 0 Å². The van der Waals surface area contributed by atoms with Gasteiger partial charge in [0.05, 0.1) is 5.21 Å². The van der Waals surface area contributed by atoms with Gasteiger partial charge in [-0.05, 0) is 0 Å². The minimum atomic E-state index is -1.75. The van der Waals surface area contributed by atoms with Gasteiger partial charge in [-0.15, -0.1) is 23.4 Å². The topological polar surface area (TPSA) is 212 Å². The first-order valence-electron chi connectivity index (χ1n) is 13.8. The molecule has 0 aromatic carbocycles. The Balaban J connectivity index is 2.70. The van der Waals surface area contributed by atoms with Crippen LogP contribution in [0.15, 0.2) is 0 Å². The third kappa shape index (κ3) is 11.9. The molecule has 0 aromatic rings. The molecular formula is C27H37ClO17S. The van der Waals surface area contributed by atoms with Crippen LogP contribution in [0.2, 0.25) is 0 Å². The maximum atomic E-state index is 12.3. The first kappa shape index (κ1) is 39.0. The van der Waals surface area contributed by atoms with Crippen molar-refractivity contribution in [2.75, 3.05) is 18.4 Å². The maximum absolute atomic E-state index is 12.3. The van der Waals surface area contributed by atoms with Crippen molar-refractivity contribution in [1.29, 1.82) is 0 Å². The molecule has 19 heteroatoms. The maximum Gasteiger partial charge on any atom is 0.303 e. The highest BCUT2D eigenvalue weighted by molar-refractivity contribution is 8.00. The van der Waals surface area contributed by atoms with Crippen molar-refractivity contribution >= 4 is 65.1 Å². The lowest BCUT2D eigenvalue weighted by atomic mass is 9.96. The summed E-state index contributed by atoms with van der Waals surface area (Å²) < 4.78 is 55.8.